The van der Waals surface area contributed by atoms with Gasteiger partial charge in [0.15, 0.2) is 0 Å². The number of hydrogen-bond donors (Lipinski definition) is 0. The van der Waals surface area contributed by atoms with Crippen LogP contribution < -0.4 is 0 Å². The first kappa shape index (κ1) is 11.8. The second kappa shape index (κ2) is 4.68. The van der Waals surface area contributed by atoms with E-state index in [0.29, 0.717) is 9.65 Å². The van der Waals surface area contributed by atoms with Gasteiger partial charge in [-0.1, -0.05) is 59.9 Å². The van der Waals surface area contributed by atoms with Crippen molar-refractivity contribution in [2.75, 3.05) is 0 Å². The lowest BCUT2D eigenvalue weighted by atomic mass is 10.1. The Kier molecular flexibility index (Phi) is 3.68. The second-order valence-electron chi connectivity index (χ2n) is 3.44. The molecule has 0 fully saturated rings. The third-order valence-corrected chi connectivity index (χ3v) is 5.67. The van der Waals surface area contributed by atoms with Gasteiger partial charge in [-0.15, -0.1) is 0 Å². The molecule has 1 aliphatic rings. The maximum Gasteiger partial charge on any atom is 0.123 e. The molecule has 15 heavy (non-hydrogen) atoms. The van der Waals surface area contributed by atoms with E-state index in [1.54, 1.807) is 0 Å². The summed E-state index contributed by atoms with van der Waals surface area (Å²) in [6.07, 6.45) is 1.01. The SMILES string of the molecule is Fc1ccc(C2=C(Br)[C@H](Br)C[C@@H]2Br)cc1. The third kappa shape index (κ3) is 2.37. The molecule has 0 unspecified atom stereocenters. The standard InChI is InChI=1S/C11H8Br3F/c12-8-5-9(13)11(14)10(8)6-1-3-7(15)4-2-6/h1-4,8-9H,5H2/t8-,9+/m0/s1. The molecule has 1 aromatic carbocycles. The summed E-state index contributed by atoms with van der Waals surface area (Å²) in [5, 5.41) is 0. The smallest absolute Gasteiger partial charge is 0.123 e. The molecule has 0 saturated heterocycles. The van der Waals surface area contributed by atoms with Crippen LogP contribution in [0.3, 0.4) is 0 Å². The summed E-state index contributed by atoms with van der Waals surface area (Å²) < 4.78 is 13.9. The van der Waals surface area contributed by atoms with Gasteiger partial charge in [0, 0.05) is 14.1 Å². The molecule has 2 atom stereocenters. The second-order valence-corrected chi connectivity index (χ2v) is 6.50. The molecule has 4 heteroatoms. The third-order valence-electron chi connectivity index (χ3n) is 2.41. The zero-order valence-corrected chi connectivity index (χ0v) is 12.4. The van der Waals surface area contributed by atoms with Gasteiger partial charge in [-0.2, -0.15) is 0 Å². The van der Waals surface area contributed by atoms with Gasteiger partial charge in [-0.05, 0) is 29.7 Å². The van der Waals surface area contributed by atoms with Gasteiger partial charge in [0.05, 0.1) is 0 Å². The van der Waals surface area contributed by atoms with E-state index in [2.05, 4.69) is 47.8 Å². The fourth-order valence-corrected chi connectivity index (χ4v) is 4.68. The average molecular weight is 399 g/mol. The van der Waals surface area contributed by atoms with Crippen molar-refractivity contribution in [2.45, 2.75) is 16.1 Å². The predicted octanol–water partition coefficient (Wildman–Crippen LogP) is 4.86. The number of alkyl halides is 2. The molecular formula is C11H8Br3F. The van der Waals surface area contributed by atoms with Crippen LogP contribution >= 0.6 is 47.8 Å². The first-order valence-corrected chi connectivity index (χ1v) is 7.15. The van der Waals surface area contributed by atoms with Gasteiger partial charge in [0.25, 0.3) is 0 Å². The predicted molar refractivity (Wildman–Crippen MR) is 72.3 cm³/mol. The highest BCUT2D eigenvalue weighted by atomic mass is 79.9. The van der Waals surface area contributed by atoms with E-state index in [-0.39, 0.29) is 5.82 Å². The maximum atomic E-state index is 12.8. The maximum absolute atomic E-state index is 12.8. The van der Waals surface area contributed by atoms with Crippen molar-refractivity contribution >= 4 is 53.4 Å². The summed E-state index contributed by atoms with van der Waals surface area (Å²) in [6, 6.07) is 6.60. The number of allylic oxidation sites excluding steroid dienone is 2. The van der Waals surface area contributed by atoms with Crippen molar-refractivity contribution in [3.63, 3.8) is 0 Å². The van der Waals surface area contributed by atoms with Crippen LogP contribution in [-0.4, -0.2) is 9.65 Å². The Hall–Kier alpha value is 0.330. The first-order chi connectivity index (χ1) is 7.09. The van der Waals surface area contributed by atoms with Crippen LogP contribution in [0.25, 0.3) is 5.57 Å². The number of hydrogen-bond acceptors (Lipinski definition) is 0. The molecule has 1 aliphatic carbocycles. The highest BCUT2D eigenvalue weighted by molar-refractivity contribution is 9.14. The number of halogens is 4. The fraction of sp³-hybridized carbons (Fsp3) is 0.273. The molecule has 0 saturated carbocycles. The Bertz CT molecular complexity index is 397. The zero-order valence-electron chi connectivity index (χ0n) is 7.68. The van der Waals surface area contributed by atoms with Crippen LogP contribution in [0.1, 0.15) is 12.0 Å². The molecule has 0 N–H and O–H groups in total. The summed E-state index contributed by atoms with van der Waals surface area (Å²) in [6.45, 7) is 0. The average Bonchev–Trinajstić information content (AvgIpc) is 2.44. The van der Waals surface area contributed by atoms with Gasteiger partial charge in [0.1, 0.15) is 5.82 Å². The molecule has 0 heterocycles. The van der Waals surface area contributed by atoms with E-state index in [0.717, 1.165) is 16.5 Å². The van der Waals surface area contributed by atoms with Crippen molar-refractivity contribution in [1.29, 1.82) is 0 Å². The van der Waals surface area contributed by atoms with Crippen LogP contribution in [0.2, 0.25) is 0 Å². The van der Waals surface area contributed by atoms with Crippen LogP contribution in [0.4, 0.5) is 4.39 Å². The van der Waals surface area contributed by atoms with Crippen LogP contribution in [0, 0.1) is 5.82 Å². The monoisotopic (exact) mass is 396 g/mol. The van der Waals surface area contributed by atoms with Crippen molar-refractivity contribution in [1.82, 2.24) is 0 Å². The summed E-state index contributed by atoms with van der Waals surface area (Å²) in [5.41, 5.74) is 2.27. The highest BCUT2D eigenvalue weighted by Crippen LogP contribution is 2.44. The molecule has 0 radical (unpaired) electrons. The van der Waals surface area contributed by atoms with Gasteiger partial charge in [0.2, 0.25) is 0 Å². The largest absolute Gasteiger partial charge is 0.207 e. The molecule has 0 spiro atoms. The summed E-state index contributed by atoms with van der Waals surface area (Å²) in [4.78, 5) is 0.670. The Morgan fingerprint density at radius 1 is 1.07 bits per heavy atom. The molecule has 80 valence electrons. The molecule has 0 amide bonds. The van der Waals surface area contributed by atoms with Crippen molar-refractivity contribution < 1.29 is 4.39 Å². The number of benzene rings is 1. The Morgan fingerprint density at radius 2 is 1.67 bits per heavy atom. The molecule has 0 bridgehead atoms. The van der Waals surface area contributed by atoms with E-state index in [4.69, 9.17) is 0 Å². The van der Waals surface area contributed by atoms with Crippen LogP contribution in [-0.2, 0) is 0 Å². The summed E-state index contributed by atoms with van der Waals surface area (Å²) >= 11 is 10.8. The molecule has 1 aromatic rings. The molecule has 0 nitrogen and oxygen atoms in total. The zero-order chi connectivity index (χ0) is 11.0. The van der Waals surface area contributed by atoms with Gasteiger partial charge in [-0.3, -0.25) is 0 Å². The molecular weight excluding hydrogens is 391 g/mol. The lowest BCUT2D eigenvalue weighted by Gasteiger charge is -2.07. The normalized spacial score (nSPS) is 26.1. The molecule has 0 aliphatic heterocycles. The Labute approximate surface area is 113 Å². The Balaban J connectivity index is 2.42. The van der Waals surface area contributed by atoms with Crippen molar-refractivity contribution in [3.05, 3.63) is 40.1 Å². The van der Waals surface area contributed by atoms with E-state index in [1.165, 1.54) is 17.7 Å². The fourth-order valence-electron chi connectivity index (χ4n) is 1.67. The topological polar surface area (TPSA) is 0 Å². The molecule has 2 rings (SSSR count). The van der Waals surface area contributed by atoms with E-state index >= 15 is 0 Å². The van der Waals surface area contributed by atoms with Crippen LogP contribution in [0.5, 0.6) is 0 Å². The Morgan fingerprint density at radius 3 is 2.13 bits per heavy atom. The summed E-state index contributed by atoms with van der Waals surface area (Å²) in [5.74, 6) is -0.199. The summed E-state index contributed by atoms with van der Waals surface area (Å²) in [7, 11) is 0. The van der Waals surface area contributed by atoms with E-state index < -0.39 is 0 Å². The van der Waals surface area contributed by atoms with Gasteiger partial charge in [-0.25, -0.2) is 4.39 Å². The quantitative estimate of drug-likeness (QED) is 0.592. The van der Waals surface area contributed by atoms with Crippen molar-refractivity contribution in [2.24, 2.45) is 0 Å². The lowest BCUT2D eigenvalue weighted by Crippen LogP contribution is -1.97. The minimum Gasteiger partial charge on any atom is -0.207 e. The highest BCUT2D eigenvalue weighted by Gasteiger charge is 2.29. The van der Waals surface area contributed by atoms with E-state index in [1.807, 2.05) is 12.1 Å². The number of rotatable bonds is 1. The lowest BCUT2D eigenvalue weighted by molar-refractivity contribution is 0.627. The minimum absolute atomic E-state index is 0.199. The van der Waals surface area contributed by atoms with Gasteiger partial charge < -0.3 is 0 Å². The molecule has 0 aromatic heterocycles. The van der Waals surface area contributed by atoms with Gasteiger partial charge >= 0.3 is 0 Å². The minimum atomic E-state index is -0.199. The van der Waals surface area contributed by atoms with Crippen LogP contribution in [0.15, 0.2) is 28.7 Å². The van der Waals surface area contributed by atoms with Crippen molar-refractivity contribution in [3.8, 4) is 0 Å². The first-order valence-electron chi connectivity index (χ1n) is 4.53. The van der Waals surface area contributed by atoms with E-state index in [9.17, 15) is 4.39 Å².